The third-order valence-electron chi connectivity index (χ3n) is 2.26. The normalized spacial score (nSPS) is 13.1. The minimum absolute atomic E-state index is 0.155. The van der Waals surface area contributed by atoms with E-state index in [1.54, 1.807) is 17.6 Å². The molecule has 4 heteroatoms. The first-order chi connectivity index (χ1) is 7.09. The van der Waals surface area contributed by atoms with Crippen molar-refractivity contribution < 1.29 is 4.42 Å². The van der Waals surface area contributed by atoms with Gasteiger partial charge >= 0.3 is 0 Å². The fraction of sp³-hybridized carbons (Fsp3) is 0.273. The minimum Gasteiger partial charge on any atom is -0.467 e. The van der Waals surface area contributed by atoms with Crippen molar-refractivity contribution in [2.24, 2.45) is 0 Å². The summed E-state index contributed by atoms with van der Waals surface area (Å²) in [5.41, 5.74) is 1.18. The predicted octanol–water partition coefficient (Wildman–Crippen LogP) is 5.20. The Bertz CT molecular complexity index is 453. The van der Waals surface area contributed by atoms with E-state index < -0.39 is 0 Å². The molecule has 0 aliphatic carbocycles. The molecule has 0 saturated carbocycles. The molecule has 1 atom stereocenters. The van der Waals surface area contributed by atoms with Gasteiger partial charge < -0.3 is 4.42 Å². The smallest absolute Gasteiger partial charge is 0.125 e. The van der Waals surface area contributed by atoms with E-state index in [9.17, 15) is 0 Å². The predicted molar refractivity (Wildman–Crippen MR) is 71.0 cm³/mol. The Morgan fingerprint density at radius 1 is 1.40 bits per heavy atom. The van der Waals surface area contributed by atoms with Crippen LogP contribution in [0.1, 0.15) is 25.9 Å². The Labute approximate surface area is 110 Å². The average Bonchev–Trinajstić information content (AvgIpc) is 2.74. The van der Waals surface area contributed by atoms with Crippen molar-refractivity contribution >= 4 is 43.2 Å². The van der Waals surface area contributed by atoms with E-state index in [2.05, 4.69) is 51.8 Å². The Morgan fingerprint density at radius 2 is 2.13 bits per heavy atom. The van der Waals surface area contributed by atoms with Crippen LogP contribution < -0.4 is 0 Å². The van der Waals surface area contributed by atoms with Crippen LogP contribution in [0.2, 0.25) is 0 Å². The SMILES string of the molecule is Cc1ccoc1C(Br)c1cc(Br)c(C)s1. The number of alkyl halides is 1. The first-order valence-electron chi connectivity index (χ1n) is 4.53. The second-order valence-corrected chi connectivity index (χ2v) is 6.44. The first kappa shape index (κ1) is 11.4. The van der Waals surface area contributed by atoms with E-state index in [1.807, 2.05) is 6.07 Å². The number of rotatable bonds is 2. The zero-order valence-electron chi connectivity index (χ0n) is 8.38. The van der Waals surface area contributed by atoms with Crippen molar-refractivity contribution in [1.82, 2.24) is 0 Å². The number of hydrogen-bond donors (Lipinski definition) is 0. The number of aryl methyl sites for hydroxylation is 2. The molecule has 0 N–H and O–H groups in total. The molecule has 0 aliphatic heterocycles. The lowest BCUT2D eigenvalue weighted by Crippen LogP contribution is -1.88. The van der Waals surface area contributed by atoms with Crippen LogP contribution in [0, 0.1) is 13.8 Å². The monoisotopic (exact) mass is 348 g/mol. The van der Waals surface area contributed by atoms with E-state index in [1.165, 1.54) is 15.3 Å². The van der Waals surface area contributed by atoms with Crippen LogP contribution in [-0.4, -0.2) is 0 Å². The molecule has 0 fully saturated rings. The Balaban J connectivity index is 2.36. The summed E-state index contributed by atoms with van der Waals surface area (Å²) in [6.45, 7) is 4.16. The molecular formula is C11H10Br2OS. The van der Waals surface area contributed by atoms with Gasteiger partial charge in [0.15, 0.2) is 0 Å². The first-order valence-corrected chi connectivity index (χ1v) is 7.06. The summed E-state index contributed by atoms with van der Waals surface area (Å²) in [6, 6.07) is 4.13. The van der Waals surface area contributed by atoms with Gasteiger partial charge in [-0.3, -0.25) is 0 Å². The van der Waals surface area contributed by atoms with Crippen LogP contribution in [0.25, 0.3) is 0 Å². The zero-order valence-corrected chi connectivity index (χ0v) is 12.4. The second-order valence-electron chi connectivity index (χ2n) is 3.38. The maximum atomic E-state index is 5.47. The van der Waals surface area contributed by atoms with Crippen molar-refractivity contribution in [3.63, 3.8) is 0 Å². The summed E-state index contributed by atoms with van der Waals surface area (Å²) < 4.78 is 6.64. The van der Waals surface area contributed by atoms with Crippen molar-refractivity contribution in [1.29, 1.82) is 0 Å². The van der Waals surface area contributed by atoms with E-state index in [-0.39, 0.29) is 4.83 Å². The van der Waals surface area contributed by atoms with E-state index in [0.717, 1.165) is 10.2 Å². The molecule has 2 aromatic rings. The summed E-state index contributed by atoms with van der Waals surface area (Å²) in [5, 5.41) is 0. The fourth-order valence-electron chi connectivity index (χ4n) is 1.38. The molecule has 0 aliphatic rings. The quantitative estimate of drug-likeness (QED) is 0.678. The van der Waals surface area contributed by atoms with Gasteiger partial charge in [0.2, 0.25) is 0 Å². The number of thiophene rings is 1. The molecule has 1 nitrogen and oxygen atoms in total. The molecule has 2 heterocycles. The molecule has 2 aromatic heterocycles. The Morgan fingerprint density at radius 3 is 2.60 bits per heavy atom. The maximum Gasteiger partial charge on any atom is 0.125 e. The van der Waals surface area contributed by atoms with E-state index in [4.69, 9.17) is 4.42 Å². The van der Waals surface area contributed by atoms with Crippen LogP contribution in [0.3, 0.4) is 0 Å². The molecule has 80 valence electrons. The third-order valence-corrected chi connectivity index (χ3v) is 5.67. The van der Waals surface area contributed by atoms with Gasteiger partial charge in [0.1, 0.15) is 10.6 Å². The van der Waals surface area contributed by atoms with Crippen molar-refractivity contribution in [2.75, 3.05) is 0 Å². The van der Waals surface area contributed by atoms with Gasteiger partial charge in [-0.1, -0.05) is 15.9 Å². The molecule has 0 amide bonds. The largest absolute Gasteiger partial charge is 0.467 e. The molecular weight excluding hydrogens is 340 g/mol. The van der Waals surface area contributed by atoms with Gasteiger partial charge in [0, 0.05) is 14.2 Å². The highest BCUT2D eigenvalue weighted by Gasteiger charge is 2.18. The molecule has 0 saturated heterocycles. The molecule has 0 bridgehead atoms. The summed E-state index contributed by atoms with van der Waals surface area (Å²) in [4.78, 5) is 2.71. The second kappa shape index (κ2) is 4.44. The maximum absolute atomic E-state index is 5.47. The van der Waals surface area contributed by atoms with Gasteiger partial charge in [0.25, 0.3) is 0 Å². The lowest BCUT2D eigenvalue weighted by Gasteiger charge is -2.04. The van der Waals surface area contributed by atoms with E-state index in [0.29, 0.717) is 0 Å². The summed E-state index contributed by atoms with van der Waals surface area (Å²) in [5.74, 6) is 0.990. The van der Waals surface area contributed by atoms with Gasteiger partial charge in [0.05, 0.1) is 6.26 Å². The summed E-state index contributed by atoms with van der Waals surface area (Å²) in [7, 11) is 0. The minimum atomic E-state index is 0.155. The van der Waals surface area contributed by atoms with Crippen molar-refractivity contribution in [3.8, 4) is 0 Å². The standard InChI is InChI=1S/C11H10Br2OS/c1-6-3-4-14-11(6)10(13)9-5-8(12)7(2)15-9/h3-5,10H,1-2H3. The number of hydrogen-bond acceptors (Lipinski definition) is 2. The number of furan rings is 1. The third kappa shape index (κ3) is 2.22. The van der Waals surface area contributed by atoms with Gasteiger partial charge in [-0.2, -0.15) is 0 Å². The molecule has 0 aromatic carbocycles. The van der Waals surface area contributed by atoms with Crippen molar-refractivity contribution in [2.45, 2.75) is 18.7 Å². The summed E-state index contributed by atoms with van der Waals surface area (Å²) in [6.07, 6.45) is 1.73. The average molecular weight is 350 g/mol. The molecule has 1 unspecified atom stereocenters. The van der Waals surface area contributed by atoms with Crippen LogP contribution >= 0.6 is 43.2 Å². The fourth-order valence-corrected chi connectivity index (χ4v) is 3.80. The number of halogens is 2. The molecule has 15 heavy (non-hydrogen) atoms. The van der Waals surface area contributed by atoms with E-state index >= 15 is 0 Å². The highest BCUT2D eigenvalue weighted by atomic mass is 79.9. The highest BCUT2D eigenvalue weighted by molar-refractivity contribution is 9.10. The lowest BCUT2D eigenvalue weighted by atomic mass is 10.2. The van der Waals surface area contributed by atoms with Gasteiger partial charge in [-0.25, -0.2) is 0 Å². The zero-order chi connectivity index (χ0) is 11.0. The lowest BCUT2D eigenvalue weighted by molar-refractivity contribution is 0.518. The Kier molecular flexibility index (Phi) is 3.38. The van der Waals surface area contributed by atoms with Crippen molar-refractivity contribution in [3.05, 3.63) is 43.9 Å². The van der Waals surface area contributed by atoms with Crippen LogP contribution in [0.4, 0.5) is 0 Å². The highest BCUT2D eigenvalue weighted by Crippen LogP contribution is 2.39. The molecule has 0 spiro atoms. The topological polar surface area (TPSA) is 13.1 Å². The molecule has 2 rings (SSSR count). The van der Waals surface area contributed by atoms with Gasteiger partial charge in [-0.15, -0.1) is 11.3 Å². The summed E-state index contributed by atoms with van der Waals surface area (Å²) >= 11 is 8.97. The van der Waals surface area contributed by atoms with Crippen LogP contribution in [0.15, 0.2) is 27.3 Å². The van der Waals surface area contributed by atoms with Gasteiger partial charge in [-0.05, 0) is 47.5 Å². The van der Waals surface area contributed by atoms with Crippen LogP contribution in [-0.2, 0) is 0 Å². The molecule has 0 radical (unpaired) electrons. The van der Waals surface area contributed by atoms with Crippen LogP contribution in [0.5, 0.6) is 0 Å². The Hall–Kier alpha value is -0.0600.